The van der Waals surface area contributed by atoms with Crippen molar-refractivity contribution in [2.45, 2.75) is 40.7 Å². The van der Waals surface area contributed by atoms with Crippen LogP contribution in [0.3, 0.4) is 0 Å². The third kappa shape index (κ3) is 4.64. The third-order valence-electron chi connectivity index (χ3n) is 5.20. The summed E-state index contributed by atoms with van der Waals surface area (Å²) in [6.45, 7) is 6.35. The molecule has 0 aliphatic heterocycles. The normalized spacial score (nSPS) is 11.8. The first-order chi connectivity index (χ1) is 15.2. The molecule has 3 aromatic rings. The highest BCUT2D eigenvalue weighted by atomic mass is 31.2. The fourth-order valence-corrected chi connectivity index (χ4v) is 8.29. The lowest BCUT2D eigenvalue weighted by Crippen LogP contribution is -2.43. The maximum absolute atomic E-state index is 14.0. The van der Waals surface area contributed by atoms with Crippen LogP contribution in [0.5, 0.6) is 0 Å². The van der Waals surface area contributed by atoms with Gasteiger partial charge in [-0.15, -0.1) is 0 Å². The molecule has 0 aromatic heterocycles. The van der Waals surface area contributed by atoms with Gasteiger partial charge >= 0.3 is 5.97 Å². The smallest absolute Gasteiger partial charge is 0.343 e. The second kappa shape index (κ2) is 9.71. The van der Waals surface area contributed by atoms with Gasteiger partial charge in [-0.25, -0.2) is 4.79 Å². The number of ether oxygens (including phenoxy) is 1. The predicted octanol–water partition coefficient (Wildman–Crippen LogP) is 4.72. The summed E-state index contributed by atoms with van der Waals surface area (Å²) in [5.41, 5.74) is -0.755. The number of carbonyl (C=O) groups excluding carboxylic acids is 2. The molecule has 0 unspecified atom stereocenters. The van der Waals surface area contributed by atoms with E-state index in [1.807, 2.05) is 126 Å². The number of ketones is 1. The maximum atomic E-state index is 14.0. The summed E-state index contributed by atoms with van der Waals surface area (Å²) in [4.78, 5) is 27.8. The van der Waals surface area contributed by atoms with E-state index in [9.17, 15) is 9.59 Å². The third-order valence-corrected chi connectivity index (χ3v) is 9.47. The van der Waals surface area contributed by atoms with E-state index in [-0.39, 0.29) is 17.2 Å². The molecule has 0 saturated heterocycles. The average molecular weight is 447 g/mol. The Balaban J connectivity index is 2.65. The van der Waals surface area contributed by atoms with Gasteiger partial charge in [0.2, 0.25) is 0 Å². The molecule has 0 aliphatic rings. The minimum absolute atomic E-state index is 0.187. The largest absolute Gasteiger partial charge is 0.459 e. The average Bonchev–Trinajstić information content (AvgIpc) is 2.77. The van der Waals surface area contributed by atoms with Crippen LogP contribution in [0.4, 0.5) is 0 Å². The summed E-state index contributed by atoms with van der Waals surface area (Å²) in [5.74, 6) is -0.724. The molecule has 166 valence electrons. The van der Waals surface area contributed by atoms with Crippen LogP contribution in [0.25, 0.3) is 0 Å². The fraction of sp³-hybridized carbons (Fsp3) is 0.250. The van der Waals surface area contributed by atoms with E-state index >= 15 is 0 Å². The Morgan fingerprint density at radius 3 is 1.31 bits per heavy atom. The minimum Gasteiger partial charge on any atom is -0.459 e. The van der Waals surface area contributed by atoms with Gasteiger partial charge in [0.1, 0.15) is 5.29 Å². The molecule has 0 atom stereocenters. The highest BCUT2D eigenvalue weighted by Gasteiger charge is 2.41. The molecule has 3 nitrogen and oxygen atoms in total. The molecule has 3 rings (SSSR count). The summed E-state index contributed by atoms with van der Waals surface area (Å²) in [7, 11) is 0. The number of Topliss-reactive ketones (excluding diaryl/α,β-unsaturated/α-hetero) is 1. The zero-order valence-corrected chi connectivity index (χ0v) is 20.3. The van der Waals surface area contributed by atoms with Crippen molar-refractivity contribution in [3.63, 3.8) is 0 Å². The van der Waals surface area contributed by atoms with Crippen molar-refractivity contribution in [3.8, 4) is 0 Å². The van der Waals surface area contributed by atoms with Crippen LogP contribution in [0.1, 0.15) is 34.6 Å². The second-order valence-corrected chi connectivity index (χ2v) is 12.4. The van der Waals surface area contributed by atoms with Crippen molar-refractivity contribution in [1.82, 2.24) is 0 Å². The zero-order chi connectivity index (χ0) is 23.4. The van der Waals surface area contributed by atoms with Crippen molar-refractivity contribution >= 4 is 39.8 Å². The van der Waals surface area contributed by atoms with Crippen molar-refractivity contribution < 1.29 is 14.3 Å². The van der Waals surface area contributed by atoms with Crippen LogP contribution in [0, 0.1) is 5.41 Å². The SMILES string of the molecule is CC(C)OC(=O)C(C(=O)C(C)(C)C)=P(c1ccccc1)(c1ccccc1)c1ccccc1. The van der Waals surface area contributed by atoms with Gasteiger partial charge in [-0.05, 0) is 36.6 Å². The molecule has 32 heavy (non-hydrogen) atoms. The van der Waals surface area contributed by atoms with E-state index in [4.69, 9.17) is 4.74 Å². The molecular weight excluding hydrogens is 415 g/mol. The second-order valence-electron chi connectivity index (χ2n) is 9.06. The zero-order valence-electron chi connectivity index (χ0n) is 19.4. The standard InChI is InChI=1S/C28H31O3P/c1-21(2)31-27(30)25(26(29)28(3,4)5)32(22-15-9-6-10-16-22,23-17-11-7-12-18-23)24-19-13-8-14-20-24/h6-21H,1-5H3. The van der Waals surface area contributed by atoms with Crippen LogP contribution in [0.15, 0.2) is 91.0 Å². The van der Waals surface area contributed by atoms with Gasteiger partial charge in [0, 0.05) is 5.41 Å². The highest BCUT2D eigenvalue weighted by Crippen LogP contribution is 2.47. The van der Waals surface area contributed by atoms with E-state index < -0.39 is 18.3 Å². The van der Waals surface area contributed by atoms with Crippen molar-refractivity contribution in [2.24, 2.45) is 5.41 Å². The van der Waals surface area contributed by atoms with E-state index in [2.05, 4.69) is 0 Å². The topological polar surface area (TPSA) is 43.4 Å². The Labute approximate surface area is 191 Å². The van der Waals surface area contributed by atoms with Crippen molar-refractivity contribution in [1.29, 1.82) is 0 Å². The molecule has 0 heterocycles. The van der Waals surface area contributed by atoms with Gasteiger partial charge in [-0.3, -0.25) is 4.79 Å². The first-order valence-electron chi connectivity index (χ1n) is 10.9. The molecule has 0 radical (unpaired) electrons. The Hall–Kier alpha value is -2.90. The summed E-state index contributed by atoms with van der Waals surface area (Å²) < 4.78 is 5.73. The van der Waals surface area contributed by atoms with Crippen LogP contribution < -0.4 is 15.9 Å². The number of rotatable bonds is 6. The van der Waals surface area contributed by atoms with E-state index in [0.29, 0.717) is 0 Å². The highest BCUT2D eigenvalue weighted by molar-refractivity contribution is 7.97. The number of benzene rings is 3. The Morgan fingerprint density at radius 1 is 0.688 bits per heavy atom. The van der Waals surface area contributed by atoms with E-state index in [1.165, 1.54) is 0 Å². The van der Waals surface area contributed by atoms with Crippen LogP contribution in [0.2, 0.25) is 0 Å². The number of esters is 1. The number of carbonyl (C=O) groups is 2. The number of hydrogen-bond donors (Lipinski definition) is 0. The Morgan fingerprint density at radius 2 is 1.03 bits per heavy atom. The summed E-state index contributed by atoms with van der Waals surface area (Å²) in [5, 5.41) is 3.09. The predicted molar refractivity (Wildman–Crippen MR) is 136 cm³/mol. The molecule has 0 saturated carbocycles. The first kappa shape index (κ1) is 23.8. The summed E-state index contributed by atoms with van der Waals surface area (Å²) >= 11 is 0. The lowest BCUT2D eigenvalue weighted by Gasteiger charge is -2.33. The number of hydrogen-bond acceptors (Lipinski definition) is 3. The van der Waals surface area contributed by atoms with E-state index in [0.717, 1.165) is 15.9 Å². The van der Waals surface area contributed by atoms with Crippen LogP contribution >= 0.6 is 6.89 Å². The van der Waals surface area contributed by atoms with Gasteiger partial charge in [-0.1, -0.05) is 112 Å². The summed E-state index contributed by atoms with van der Waals surface area (Å²) in [6, 6.07) is 29.7. The van der Waals surface area contributed by atoms with Gasteiger partial charge < -0.3 is 4.74 Å². The Kier molecular flexibility index (Phi) is 7.21. The molecular formula is C28H31O3P. The Bertz CT molecular complexity index is 1020. The quantitative estimate of drug-likeness (QED) is 0.313. The fourth-order valence-electron chi connectivity index (χ4n) is 3.80. The lowest BCUT2D eigenvalue weighted by atomic mass is 9.89. The molecule has 0 amide bonds. The summed E-state index contributed by atoms with van der Waals surface area (Å²) in [6.07, 6.45) is -0.338. The molecule has 0 spiro atoms. The van der Waals surface area contributed by atoms with Crippen LogP contribution in [-0.2, 0) is 14.3 Å². The van der Waals surface area contributed by atoms with Gasteiger partial charge in [0.05, 0.1) is 6.10 Å². The molecule has 0 N–H and O–H groups in total. The maximum Gasteiger partial charge on any atom is 0.343 e. The molecule has 0 aliphatic carbocycles. The molecule has 4 heteroatoms. The van der Waals surface area contributed by atoms with E-state index in [1.54, 1.807) is 0 Å². The first-order valence-corrected chi connectivity index (χ1v) is 12.7. The minimum atomic E-state index is -2.84. The molecule has 0 fully saturated rings. The van der Waals surface area contributed by atoms with Crippen molar-refractivity contribution in [2.75, 3.05) is 0 Å². The lowest BCUT2D eigenvalue weighted by molar-refractivity contribution is -0.139. The molecule has 3 aromatic carbocycles. The van der Waals surface area contributed by atoms with Crippen LogP contribution in [-0.4, -0.2) is 23.2 Å². The van der Waals surface area contributed by atoms with Gasteiger partial charge in [-0.2, -0.15) is 0 Å². The monoisotopic (exact) mass is 446 g/mol. The van der Waals surface area contributed by atoms with Crippen molar-refractivity contribution in [3.05, 3.63) is 91.0 Å². The molecule has 0 bridgehead atoms. The van der Waals surface area contributed by atoms with Gasteiger partial charge in [0.25, 0.3) is 0 Å². The van der Waals surface area contributed by atoms with Gasteiger partial charge in [0.15, 0.2) is 5.78 Å².